The number of hydrogen-bond acceptors (Lipinski definition) is 4. The highest BCUT2D eigenvalue weighted by atomic mass is 16.6. The van der Waals surface area contributed by atoms with Crippen molar-refractivity contribution in [3.63, 3.8) is 0 Å². The summed E-state index contributed by atoms with van der Waals surface area (Å²) in [5.41, 5.74) is -1.09. The molecule has 0 unspecified atom stereocenters. The summed E-state index contributed by atoms with van der Waals surface area (Å²) in [4.78, 5) is 13.3. The monoisotopic (exact) mass is 253 g/mol. The summed E-state index contributed by atoms with van der Waals surface area (Å²) >= 11 is 0. The van der Waals surface area contributed by atoms with Gasteiger partial charge in [-0.3, -0.25) is 5.32 Å². The predicted octanol–water partition coefficient (Wildman–Crippen LogP) is 1.75. The molecule has 5 nitrogen and oxygen atoms in total. The van der Waals surface area contributed by atoms with Crippen LogP contribution in [-0.4, -0.2) is 41.8 Å². The molecule has 1 heterocycles. The Labute approximate surface area is 109 Å². The normalized spacial score (nSPS) is 18.2. The van der Waals surface area contributed by atoms with Gasteiger partial charge in [0.25, 0.3) is 0 Å². The van der Waals surface area contributed by atoms with Crippen LogP contribution in [0.1, 0.15) is 34.6 Å². The molecule has 0 spiro atoms. The lowest BCUT2D eigenvalue weighted by molar-refractivity contribution is -0.00524. The Hall–Kier alpha value is -1.28. The highest BCUT2D eigenvalue weighted by Gasteiger charge is 2.46. The Balaban J connectivity index is 2.45. The van der Waals surface area contributed by atoms with Crippen LogP contribution in [0, 0.1) is 17.2 Å². The van der Waals surface area contributed by atoms with E-state index in [2.05, 4.69) is 25.2 Å². The molecule has 1 amide bonds. The minimum atomic E-state index is -0.596. The second-order valence-corrected chi connectivity index (χ2v) is 6.31. The van der Waals surface area contributed by atoms with Crippen molar-refractivity contribution < 1.29 is 9.53 Å². The molecule has 0 aromatic heterocycles. The molecule has 0 atom stereocenters. The van der Waals surface area contributed by atoms with Crippen LogP contribution in [0.15, 0.2) is 0 Å². The molecule has 1 fully saturated rings. The van der Waals surface area contributed by atoms with Gasteiger partial charge in [0, 0.05) is 0 Å². The molecule has 0 aliphatic carbocycles. The van der Waals surface area contributed by atoms with E-state index in [4.69, 9.17) is 4.74 Å². The third-order valence-corrected chi connectivity index (χ3v) is 2.64. The maximum Gasteiger partial charge on any atom is 0.410 e. The van der Waals surface area contributed by atoms with Crippen LogP contribution in [-0.2, 0) is 4.74 Å². The molecule has 0 aromatic rings. The largest absolute Gasteiger partial charge is 0.444 e. The van der Waals surface area contributed by atoms with Crippen LogP contribution in [0.5, 0.6) is 0 Å². The van der Waals surface area contributed by atoms with Crippen LogP contribution in [0.3, 0.4) is 0 Å². The number of nitrogens with one attached hydrogen (secondary N) is 1. The number of nitrogens with zero attached hydrogens (tertiary/aromatic N) is 2. The lowest BCUT2D eigenvalue weighted by atomic mass is 9.91. The van der Waals surface area contributed by atoms with Gasteiger partial charge >= 0.3 is 6.09 Å². The molecule has 1 rings (SSSR count). The zero-order valence-electron chi connectivity index (χ0n) is 11.9. The average Bonchev–Trinajstić information content (AvgIpc) is 2.13. The van der Waals surface area contributed by atoms with E-state index in [0.29, 0.717) is 19.0 Å². The van der Waals surface area contributed by atoms with Crippen molar-refractivity contribution in [1.82, 2.24) is 10.2 Å². The summed E-state index contributed by atoms with van der Waals surface area (Å²) in [6, 6.07) is 2.26. The van der Waals surface area contributed by atoms with E-state index in [1.165, 1.54) is 0 Å². The standard InChI is InChI=1S/C13H23N3O2/c1-10(2)6-15-13(7-14)8-16(9-13)11(17)18-12(3,4)5/h10,15H,6,8-9H2,1-5H3. The molecule has 1 aliphatic heterocycles. The molecule has 0 bridgehead atoms. The van der Waals surface area contributed by atoms with Gasteiger partial charge in [-0.15, -0.1) is 0 Å². The first-order valence-corrected chi connectivity index (χ1v) is 6.32. The Bertz CT molecular complexity index is 346. The molecule has 1 N–H and O–H groups in total. The predicted molar refractivity (Wildman–Crippen MR) is 69.0 cm³/mol. The van der Waals surface area contributed by atoms with Crippen molar-refractivity contribution in [2.45, 2.75) is 45.8 Å². The molecular weight excluding hydrogens is 230 g/mol. The van der Waals surface area contributed by atoms with Gasteiger partial charge in [-0.05, 0) is 33.2 Å². The Morgan fingerprint density at radius 1 is 1.50 bits per heavy atom. The summed E-state index contributed by atoms with van der Waals surface area (Å²) in [5, 5.41) is 12.4. The zero-order valence-corrected chi connectivity index (χ0v) is 11.9. The minimum absolute atomic E-state index is 0.347. The van der Waals surface area contributed by atoms with Gasteiger partial charge in [0.05, 0.1) is 19.2 Å². The van der Waals surface area contributed by atoms with Crippen LogP contribution >= 0.6 is 0 Å². The summed E-state index contributed by atoms with van der Waals surface area (Å²) < 4.78 is 5.25. The van der Waals surface area contributed by atoms with Crippen LogP contribution < -0.4 is 5.32 Å². The SMILES string of the molecule is CC(C)CNC1(C#N)CN(C(=O)OC(C)(C)C)C1. The molecule has 102 valence electrons. The number of nitriles is 1. The lowest BCUT2D eigenvalue weighted by Gasteiger charge is -2.46. The highest BCUT2D eigenvalue weighted by molar-refractivity contribution is 5.70. The number of carbonyl (C=O) groups is 1. The van der Waals surface area contributed by atoms with E-state index in [0.717, 1.165) is 6.54 Å². The first kappa shape index (κ1) is 14.8. The third kappa shape index (κ3) is 3.88. The van der Waals surface area contributed by atoms with Gasteiger partial charge in [0.1, 0.15) is 11.1 Å². The van der Waals surface area contributed by atoms with Crippen molar-refractivity contribution in [3.05, 3.63) is 0 Å². The summed E-state index contributed by atoms with van der Waals surface area (Å²) in [6.07, 6.45) is -0.347. The minimum Gasteiger partial charge on any atom is -0.444 e. The molecule has 5 heteroatoms. The Morgan fingerprint density at radius 3 is 2.44 bits per heavy atom. The Morgan fingerprint density at radius 2 is 2.06 bits per heavy atom. The maximum absolute atomic E-state index is 11.7. The molecular formula is C13H23N3O2. The van der Waals surface area contributed by atoms with E-state index < -0.39 is 11.1 Å². The van der Waals surface area contributed by atoms with E-state index in [9.17, 15) is 10.1 Å². The number of likely N-dealkylation sites (tertiary alicyclic amines) is 1. The summed E-state index contributed by atoms with van der Waals surface area (Å²) in [6.45, 7) is 11.2. The molecule has 1 aliphatic rings. The van der Waals surface area contributed by atoms with Gasteiger partial charge in [0.15, 0.2) is 0 Å². The quantitative estimate of drug-likeness (QED) is 0.832. The Kier molecular flexibility index (Phi) is 4.23. The van der Waals surface area contributed by atoms with Crippen molar-refractivity contribution in [1.29, 1.82) is 5.26 Å². The van der Waals surface area contributed by atoms with Gasteiger partial charge in [-0.2, -0.15) is 5.26 Å². The van der Waals surface area contributed by atoms with Crippen LogP contribution in [0.2, 0.25) is 0 Å². The fraction of sp³-hybridized carbons (Fsp3) is 0.846. The van der Waals surface area contributed by atoms with Crippen LogP contribution in [0.4, 0.5) is 4.79 Å². The summed E-state index contributed by atoms with van der Waals surface area (Å²) in [5.74, 6) is 0.478. The highest BCUT2D eigenvalue weighted by Crippen LogP contribution is 2.23. The molecule has 0 radical (unpaired) electrons. The van der Waals surface area contributed by atoms with E-state index >= 15 is 0 Å². The van der Waals surface area contributed by atoms with Crippen LogP contribution in [0.25, 0.3) is 0 Å². The molecule has 18 heavy (non-hydrogen) atoms. The zero-order chi connectivity index (χ0) is 14.0. The fourth-order valence-electron chi connectivity index (χ4n) is 1.68. The average molecular weight is 253 g/mol. The number of ether oxygens (including phenoxy) is 1. The molecule has 0 aromatic carbocycles. The van der Waals surface area contributed by atoms with Gasteiger partial charge < -0.3 is 9.64 Å². The van der Waals surface area contributed by atoms with Crippen molar-refractivity contribution in [2.24, 2.45) is 5.92 Å². The van der Waals surface area contributed by atoms with Crippen molar-refractivity contribution in [3.8, 4) is 6.07 Å². The van der Waals surface area contributed by atoms with Crippen molar-refractivity contribution >= 4 is 6.09 Å². The summed E-state index contributed by atoms with van der Waals surface area (Å²) in [7, 11) is 0. The second-order valence-electron chi connectivity index (χ2n) is 6.31. The topological polar surface area (TPSA) is 65.4 Å². The van der Waals surface area contributed by atoms with Gasteiger partial charge in [-0.1, -0.05) is 13.8 Å². The van der Waals surface area contributed by atoms with E-state index in [-0.39, 0.29) is 6.09 Å². The van der Waals surface area contributed by atoms with E-state index in [1.807, 2.05) is 20.8 Å². The number of carbonyl (C=O) groups excluding carboxylic acids is 1. The van der Waals surface area contributed by atoms with Crippen molar-refractivity contribution in [2.75, 3.05) is 19.6 Å². The van der Waals surface area contributed by atoms with E-state index in [1.54, 1.807) is 4.90 Å². The lowest BCUT2D eigenvalue weighted by Crippen LogP contribution is -2.70. The number of hydrogen-bond donors (Lipinski definition) is 1. The first-order chi connectivity index (χ1) is 8.17. The number of rotatable bonds is 3. The third-order valence-electron chi connectivity index (χ3n) is 2.64. The molecule has 0 saturated carbocycles. The molecule has 1 saturated heterocycles. The second kappa shape index (κ2) is 5.15. The number of amides is 1. The smallest absolute Gasteiger partial charge is 0.410 e. The first-order valence-electron chi connectivity index (χ1n) is 6.32. The maximum atomic E-state index is 11.7. The fourth-order valence-corrected chi connectivity index (χ4v) is 1.68. The van der Waals surface area contributed by atoms with Gasteiger partial charge in [-0.25, -0.2) is 4.79 Å². The van der Waals surface area contributed by atoms with Gasteiger partial charge in [0.2, 0.25) is 0 Å².